The van der Waals surface area contributed by atoms with E-state index in [0.717, 1.165) is 31.6 Å². The molecule has 3 N–H and O–H groups in total. The van der Waals surface area contributed by atoms with Crippen LogP contribution < -0.4 is 16.6 Å². The number of anilines is 2. The van der Waals surface area contributed by atoms with Crippen LogP contribution in [0.4, 0.5) is 24.7 Å². The first-order chi connectivity index (χ1) is 15.0. The summed E-state index contributed by atoms with van der Waals surface area (Å²) in [5.74, 6) is 0.554. The summed E-state index contributed by atoms with van der Waals surface area (Å²) in [6.07, 6.45) is -2.28. The predicted octanol–water partition coefficient (Wildman–Crippen LogP) is 3.52. The van der Waals surface area contributed by atoms with Crippen LogP contribution in [0.15, 0.2) is 35.4 Å². The van der Waals surface area contributed by atoms with Crippen LogP contribution >= 0.6 is 0 Å². The highest BCUT2D eigenvalue weighted by molar-refractivity contribution is 5.87. The number of benzene rings is 1. The number of aryl methyl sites for hydroxylation is 1. The average molecular weight is 446 g/mol. The van der Waals surface area contributed by atoms with Gasteiger partial charge in [0, 0.05) is 30.8 Å². The van der Waals surface area contributed by atoms with Gasteiger partial charge in [-0.3, -0.25) is 9.36 Å². The number of nitrogens with zero attached hydrogens (tertiary/aromatic N) is 4. The van der Waals surface area contributed by atoms with Crippen LogP contribution in [0.1, 0.15) is 42.0 Å². The molecule has 32 heavy (non-hydrogen) atoms. The van der Waals surface area contributed by atoms with E-state index in [0.29, 0.717) is 28.0 Å². The summed E-state index contributed by atoms with van der Waals surface area (Å²) in [4.78, 5) is 23.7. The quantitative estimate of drug-likeness (QED) is 0.596. The number of nitrogens with two attached hydrogens (primary N) is 1. The molecular formula is C22H25F3N6O. The highest BCUT2D eigenvalue weighted by atomic mass is 19.4. The van der Waals surface area contributed by atoms with Gasteiger partial charge in [-0.15, -0.1) is 0 Å². The van der Waals surface area contributed by atoms with E-state index < -0.39 is 17.8 Å². The van der Waals surface area contributed by atoms with Crippen LogP contribution in [0.2, 0.25) is 0 Å². The lowest BCUT2D eigenvalue weighted by molar-refractivity contribution is -0.137. The highest BCUT2D eigenvalue weighted by Gasteiger charge is 2.31. The van der Waals surface area contributed by atoms with Crippen LogP contribution in [0, 0.1) is 0 Å². The number of rotatable bonds is 4. The molecule has 0 spiro atoms. The Kier molecular flexibility index (Phi) is 5.58. The number of nitrogens with one attached hydrogen (secondary N) is 1. The molecule has 1 fully saturated rings. The Morgan fingerprint density at radius 1 is 1.19 bits per heavy atom. The van der Waals surface area contributed by atoms with Crippen LogP contribution in [0.5, 0.6) is 0 Å². The smallest absolute Gasteiger partial charge is 0.399 e. The van der Waals surface area contributed by atoms with Gasteiger partial charge in [0.2, 0.25) is 0 Å². The van der Waals surface area contributed by atoms with Crippen LogP contribution in [-0.4, -0.2) is 39.6 Å². The molecule has 1 saturated heterocycles. The average Bonchev–Trinajstić information content (AvgIpc) is 3.16. The first kappa shape index (κ1) is 22.1. The number of fused-ring (bicyclic) bond motifs is 1. The summed E-state index contributed by atoms with van der Waals surface area (Å²) in [5, 5.41) is 3.82. The van der Waals surface area contributed by atoms with E-state index in [9.17, 15) is 18.0 Å². The molecule has 2 aromatic heterocycles. The van der Waals surface area contributed by atoms with E-state index in [4.69, 9.17) is 5.73 Å². The maximum atomic E-state index is 13.2. The fourth-order valence-electron chi connectivity index (χ4n) is 4.27. The Morgan fingerprint density at radius 3 is 2.59 bits per heavy atom. The lowest BCUT2D eigenvalue weighted by Gasteiger charge is -2.20. The predicted molar refractivity (Wildman–Crippen MR) is 118 cm³/mol. The van der Waals surface area contributed by atoms with Gasteiger partial charge in [0.05, 0.1) is 17.0 Å². The van der Waals surface area contributed by atoms with Gasteiger partial charge >= 0.3 is 6.18 Å². The van der Waals surface area contributed by atoms with Crippen LogP contribution in [0.3, 0.4) is 0 Å². The van der Waals surface area contributed by atoms with E-state index in [1.54, 1.807) is 14.0 Å². The van der Waals surface area contributed by atoms with Gasteiger partial charge in [-0.1, -0.05) is 0 Å². The molecule has 1 aliphatic heterocycles. The maximum Gasteiger partial charge on any atom is 0.416 e. The number of likely N-dealkylation sites (tertiary alicyclic amines) is 1. The molecule has 3 aromatic rings. The topological polar surface area (TPSA) is 89.1 Å². The number of alkyl halides is 3. The van der Waals surface area contributed by atoms with Crippen LogP contribution in [0.25, 0.3) is 11.0 Å². The molecule has 2 atom stereocenters. The minimum atomic E-state index is -4.49. The summed E-state index contributed by atoms with van der Waals surface area (Å²) < 4.78 is 41.2. The lowest BCUT2D eigenvalue weighted by Crippen LogP contribution is -2.25. The monoisotopic (exact) mass is 446 g/mol. The van der Waals surface area contributed by atoms with Gasteiger partial charge in [-0.2, -0.15) is 13.2 Å². The first-order valence-corrected chi connectivity index (χ1v) is 10.3. The summed E-state index contributed by atoms with van der Waals surface area (Å²) in [7, 11) is 3.69. The zero-order valence-corrected chi connectivity index (χ0v) is 18.1. The number of likely N-dealkylation sites (N-methyl/N-ethyl adjacent to an activating group) is 1. The van der Waals surface area contributed by atoms with Gasteiger partial charge < -0.3 is 16.0 Å². The van der Waals surface area contributed by atoms with Crippen LogP contribution in [-0.2, 0) is 13.2 Å². The van der Waals surface area contributed by atoms with Crippen molar-refractivity contribution >= 4 is 22.5 Å². The Bertz CT molecular complexity index is 1220. The summed E-state index contributed by atoms with van der Waals surface area (Å²) in [6.45, 7) is 3.44. The summed E-state index contributed by atoms with van der Waals surface area (Å²) >= 11 is 0. The number of nitrogen functional groups attached to an aromatic ring is 1. The van der Waals surface area contributed by atoms with E-state index in [1.165, 1.54) is 17.0 Å². The second kappa shape index (κ2) is 8.09. The normalized spacial score (nSPS) is 18.2. The maximum absolute atomic E-state index is 13.2. The third-order valence-corrected chi connectivity index (χ3v) is 6.02. The molecule has 1 aromatic carbocycles. The molecule has 3 heterocycles. The second-order valence-corrected chi connectivity index (χ2v) is 8.42. The number of hydrogen-bond acceptors (Lipinski definition) is 6. The SMILES string of the molecule is C[C@@H](Nc1ncnc2c1cc(C1CCN(C)C1)c(=O)n2C)c1cc(N)cc(C(F)(F)F)c1. The van der Waals surface area contributed by atoms with Crippen molar-refractivity contribution in [1.29, 1.82) is 0 Å². The molecule has 0 radical (unpaired) electrons. The van der Waals surface area contributed by atoms with Gasteiger partial charge in [-0.05, 0) is 56.8 Å². The minimum absolute atomic E-state index is 0.0334. The number of aromatic nitrogens is 3. The van der Waals surface area contributed by atoms with Crippen molar-refractivity contribution in [3.05, 3.63) is 57.6 Å². The van der Waals surface area contributed by atoms with Crippen molar-refractivity contribution in [2.45, 2.75) is 31.5 Å². The summed E-state index contributed by atoms with van der Waals surface area (Å²) in [5.41, 5.74) is 6.39. The van der Waals surface area contributed by atoms with Gasteiger partial charge in [-0.25, -0.2) is 9.97 Å². The largest absolute Gasteiger partial charge is 0.416 e. The third-order valence-electron chi connectivity index (χ3n) is 6.02. The minimum Gasteiger partial charge on any atom is -0.399 e. The lowest BCUT2D eigenvalue weighted by atomic mass is 9.98. The van der Waals surface area contributed by atoms with E-state index in [-0.39, 0.29) is 17.2 Å². The molecule has 0 aliphatic carbocycles. The molecule has 170 valence electrons. The van der Waals surface area contributed by atoms with Gasteiger partial charge in [0.15, 0.2) is 0 Å². The highest BCUT2D eigenvalue weighted by Crippen LogP contribution is 2.34. The van der Waals surface area contributed by atoms with E-state index in [2.05, 4.69) is 20.2 Å². The zero-order chi connectivity index (χ0) is 23.2. The fraction of sp³-hybridized carbons (Fsp3) is 0.409. The van der Waals surface area contributed by atoms with E-state index in [1.807, 2.05) is 13.1 Å². The fourth-order valence-corrected chi connectivity index (χ4v) is 4.27. The molecule has 1 unspecified atom stereocenters. The number of hydrogen-bond donors (Lipinski definition) is 2. The Morgan fingerprint density at radius 2 is 1.94 bits per heavy atom. The molecule has 1 aliphatic rings. The molecule has 0 amide bonds. The van der Waals surface area contributed by atoms with Crippen molar-refractivity contribution < 1.29 is 13.2 Å². The molecule has 0 bridgehead atoms. The molecule has 0 saturated carbocycles. The van der Waals surface area contributed by atoms with Crippen molar-refractivity contribution in [3.63, 3.8) is 0 Å². The van der Waals surface area contributed by atoms with Crippen molar-refractivity contribution in [2.75, 3.05) is 31.2 Å². The standard InChI is InChI=1S/C22H25F3N6O/c1-12(14-6-15(22(23,24)25)8-16(26)7-14)29-19-18-9-17(13-4-5-30(2)10-13)21(32)31(3)20(18)28-11-27-19/h6-9,11-13H,4-5,10,26H2,1-3H3,(H,27,28,29)/t12-,13?/m1/s1. The molecular weight excluding hydrogens is 421 g/mol. The first-order valence-electron chi connectivity index (χ1n) is 10.3. The zero-order valence-electron chi connectivity index (χ0n) is 18.1. The second-order valence-electron chi connectivity index (χ2n) is 8.42. The van der Waals surface area contributed by atoms with Crippen molar-refractivity contribution in [1.82, 2.24) is 19.4 Å². The Hall–Kier alpha value is -3.14. The van der Waals surface area contributed by atoms with E-state index >= 15 is 0 Å². The summed E-state index contributed by atoms with van der Waals surface area (Å²) in [6, 6.07) is 4.79. The van der Waals surface area contributed by atoms with Gasteiger partial charge in [0.1, 0.15) is 17.8 Å². The third kappa shape index (κ3) is 4.14. The Balaban J connectivity index is 1.74. The molecule has 7 nitrogen and oxygen atoms in total. The van der Waals surface area contributed by atoms with Crippen molar-refractivity contribution in [2.24, 2.45) is 7.05 Å². The molecule has 4 rings (SSSR count). The number of pyridine rings is 1. The Labute approximate surface area is 183 Å². The van der Waals surface area contributed by atoms with Gasteiger partial charge in [0.25, 0.3) is 5.56 Å². The molecule has 10 heteroatoms. The van der Waals surface area contributed by atoms with Crippen molar-refractivity contribution in [3.8, 4) is 0 Å². The number of halogens is 3.